The fraction of sp³-hybridized carbons (Fsp3) is 0.278. The number of hydrogen-bond donors (Lipinski definition) is 1. The Labute approximate surface area is 150 Å². The van der Waals surface area contributed by atoms with Crippen molar-refractivity contribution in [3.8, 4) is 11.6 Å². The van der Waals surface area contributed by atoms with E-state index in [0.29, 0.717) is 29.0 Å². The number of carbonyl (C=O) groups is 1. The molecule has 6 nitrogen and oxygen atoms in total. The third-order valence-corrected chi connectivity index (χ3v) is 4.39. The summed E-state index contributed by atoms with van der Waals surface area (Å²) in [7, 11) is 0. The van der Waals surface area contributed by atoms with Crippen LogP contribution in [0.1, 0.15) is 19.4 Å². The molecule has 0 aliphatic heterocycles. The zero-order valence-electron chi connectivity index (χ0n) is 14.2. The minimum absolute atomic E-state index is 0.0196. The largest absolute Gasteiger partial charge is 0.461 e. The molecule has 2 heterocycles. The van der Waals surface area contributed by atoms with Crippen molar-refractivity contribution in [2.45, 2.75) is 31.6 Å². The number of thioether (sulfide) groups is 1. The zero-order chi connectivity index (χ0) is 17.6. The average Bonchev–Trinajstić information content (AvgIpc) is 3.23. The predicted octanol–water partition coefficient (Wildman–Crippen LogP) is 3.20. The Morgan fingerprint density at radius 1 is 1.20 bits per heavy atom. The molecule has 0 fully saturated rings. The molecule has 3 rings (SSSR count). The summed E-state index contributed by atoms with van der Waals surface area (Å²) in [5.41, 5.74) is 1.13. The van der Waals surface area contributed by atoms with E-state index in [1.807, 2.05) is 60.9 Å². The second-order valence-corrected chi connectivity index (χ2v) is 6.81. The van der Waals surface area contributed by atoms with Gasteiger partial charge in [0.05, 0.1) is 18.6 Å². The SMILES string of the molecule is CC(C)NC(=O)CSc1nnc(-c2ccco2)n1Cc1ccccc1. The van der Waals surface area contributed by atoms with Crippen LogP contribution in [0.5, 0.6) is 0 Å². The number of carbonyl (C=O) groups excluding carboxylic acids is 1. The molecule has 1 aromatic carbocycles. The van der Waals surface area contributed by atoms with E-state index in [1.54, 1.807) is 6.26 Å². The van der Waals surface area contributed by atoms with Gasteiger partial charge < -0.3 is 9.73 Å². The lowest BCUT2D eigenvalue weighted by molar-refractivity contribution is -0.119. The Kier molecular flexibility index (Phi) is 5.55. The fourth-order valence-electron chi connectivity index (χ4n) is 2.39. The first-order chi connectivity index (χ1) is 12.1. The molecule has 0 unspecified atom stereocenters. The first-order valence-corrected chi connectivity index (χ1v) is 9.05. The molecule has 0 saturated carbocycles. The Bertz CT molecular complexity index is 813. The lowest BCUT2D eigenvalue weighted by atomic mass is 10.2. The van der Waals surface area contributed by atoms with Crippen LogP contribution in [0.15, 0.2) is 58.3 Å². The summed E-state index contributed by atoms with van der Waals surface area (Å²) < 4.78 is 7.45. The molecular formula is C18H20N4O2S. The third kappa shape index (κ3) is 4.51. The van der Waals surface area contributed by atoms with Crippen LogP contribution in [-0.4, -0.2) is 32.5 Å². The predicted molar refractivity (Wildman–Crippen MR) is 97.3 cm³/mol. The molecule has 0 radical (unpaired) electrons. The molecule has 7 heteroatoms. The molecule has 1 amide bonds. The number of nitrogens with zero attached hydrogens (tertiary/aromatic N) is 3. The topological polar surface area (TPSA) is 73.0 Å². The van der Waals surface area contributed by atoms with Crippen LogP contribution in [0.3, 0.4) is 0 Å². The van der Waals surface area contributed by atoms with Gasteiger partial charge in [0.1, 0.15) is 0 Å². The highest BCUT2D eigenvalue weighted by molar-refractivity contribution is 7.99. The van der Waals surface area contributed by atoms with Crippen molar-refractivity contribution in [2.75, 3.05) is 5.75 Å². The number of hydrogen-bond acceptors (Lipinski definition) is 5. The van der Waals surface area contributed by atoms with Gasteiger partial charge in [-0.25, -0.2) is 0 Å². The summed E-state index contributed by atoms with van der Waals surface area (Å²) in [5.74, 6) is 1.58. The average molecular weight is 356 g/mol. The van der Waals surface area contributed by atoms with Crippen molar-refractivity contribution >= 4 is 17.7 Å². The van der Waals surface area contributed by atoms with E-state index in [0.717, 1.165) is 5.56 Å². The minimum Gasteiger partial charge on any atom is -0.461 e. The number of furan rings is 1. The van der Waals surface area contributed by atoms with E-state index in [2.05, 4.69) is 15.5 Å². The molecule has 130 valence electrons. The van der Waals surface area contributed by atoms with Crippen LogP contribution in [0.25, 0.3) is 11.6 Å². The second kappa shape index (κ2) is 8.02. The maximum Gasteiger partial charge on any atom is 0.230 e. The van der Waals surface area contributed by atoms with Crippen molar-refractivity contribution < 1.29 is 9.21 Å². The molecule has 1 N–H and O–H groups in total. The molecule has 0 atom stereocenters. The van der Waals surface area contributed by atoms with E-state index >= 15 is 0 Å². The number of rotatable bonds is 7. The van der Waals surface area contributed by atoms with Gasteiger partial charge in [0.15, 0.2) is 10.9 Å². The Balaban J connectivity index is 1.83. The lowest BCUT2D eigenvalue weighted by Gasteiger charge is -2.10. The van der Waals surface area contributed by atoms with Gasteiger partial charge in [0.25, 0.3) is 0 Å². The number of nitrogens with one attached hydrogen (secondary N) is 1. The van der Waals surface area contributed by atoms with Crippen LogP contribution >= 0.6 is 11.8 Å². The Hall–Kier alpha value is -2.54. The summed E-state index contributed by atoms with van der Waals surface area (Å²) >= 11 is 1.37. The summed E-state index contributed by atoms with van der Waals surface area (Å²) in [6.45, 7) is 4.49. The molecule has 0 bridgehead atoms. The quantitative estimate of drug-likeness (QED) is 0.658. The van der Waals surface area contributed by atoms with Gasteiger partial charge in [0.2, 0.25) is 11.7 Å². The highest BCUT2D eigenvalue weighted by atomic mass is 32.2. The summed E-state index contributed by atoms with van der Waals surface area (Å²) in [5, 5.41) is 12.1. The van der Waals surface area contributed by atoms with Gasteiger partial charge in [-0.15, -0.1) is 10.2 Å². The zero-order valence-corrected chi connectivity index (χ0v) is 15.0. The van der Waals surface area contributed by atoms with E-state index in [4.69, 9.17) is 4.42 Å². The molecule has 0 aliphatic carbocycles. The Morgan fingerprint density at radius 3 is 2.68 bits per heavy atom. The first kappa shape index (κ1) is 17.3. The van der Waals surface area contributed by atoms with Gasteiger partial charge in [-0.05, 0) is 31.5 Å². The maximum atomic E-state index is 11.9. The normalized spacial score (nSPS) is 11.0. The van der Waals surface area contributed by atoms with E-state index in [-0.39, 0.29) is 11.9 Å². The van der Waals surface area contributed by atoms with Crippen LogP contribution in [-0.2, 0) is 11.3 Å². The minimum atomic E-state index is -0.0196. The van der Waals surface area contributed by atoms with Crippen molar-refractivity contribution in [1.29, 1.82) is 0 Å². The van der Waals surface area contributed by atoms with Crippen molar-refractivity contribution in [2.24, 2.45) is 0 Å². The third-order valence-electron chi connectivity index (χ3n) is 3.42. The van der Waals surface area contributed by atoms with Crippen molar-refractivity contribution in [1.82, 2.24) is 20.1 Å². The molecule has 0 aliphatic rings. The summed E-state index contributed by atoms with van der Waals surface area (Å²) in [6, 6.07) is 13.9. The van der Waals surface area contributed by atoms with Crippen LogP contribution in [0.2, 0.25) is 0 Å². The van der Waals surface area contributed by atoms with E-state index in [9.17, 15) is 4.79 Å². The number of benzene rings is 1. The van der Waals surface area contributed by atoms with Crippen molar-refractivity contribution in [3.63, 3.8) is 0 Å². The summed E-state index contributed by atoms with van der Waals surface area (Å²) in [4.78, 5) is 11.9. The molecular weight excluding hydrogens is 336 g/mol. The van der Waals surface area contributed by atoms with E-state index in [1.165, 1.54) is 11.8 Å². The highest BCUT2D eigenvalue weighted by Gasteiger charge is 2.17. The van der Waals surface area contributed by atoms with Gasteiger partial charge in [0, 0.05) is 6.04 Å². The highest BCUT2D eigenvalue weighted by Crippen LogP contribution is 2.25. The molecule has 0 spiro atoms. The first-order valence-electron chi connectivity index (χ1n) is 8.06. The van der Waals surface area contributed by atoms with E-state index < -0.39 is 0 Å². The summed E-state index contributed by atoms with van der Waals surface area (Å²) in [6.07, 6.45) is 1.61. The molecule has 0 saturated heterocycles. The van der Waals surface area contributed by atoms with Crippen LogP contribution in [0, 0.1) is 0 Å². The second-order valence-electron chi connectivity index (χ2n) is 5.87. The Morgan fingerprint density at radius 2 is 2.00 bits per heavy atom. The van der Waals surface area contributed by atoms with Gasteiger partial charge in [-0.1, -0.05) is 42.1 Å². The van der Waals surface area contributed by atoms with Gasteiger partial charge >= 0.3 is 0 Å². The molecule has 3 aromatic rings. The number of amides is 1. The van der Waals surface area contributed by atoms with Crippen LogP contribution < -0.4 is 5.32 Å². The van der Waals surface area contributed by atoms with Crippen LogP contribution in [0.4, 0.5) is 0 Å². The van der Waals surface area contributed by atoms with Crippen molar-refractivity contribution in [3.05, 3.63) is 54.3 Å². The monoisotopic (exact) mass is 356 g/mol. The molecule has 25 heavy (non-hydrogen) atoms. The van der Waals surface area contributed by atoms with Gasteiger partial charge in [-0.3, -0.25) is 9.36 Å². The smallest absolute Gasteiger partial charge is 0.230 e. The lowest BCUT2D eigenvalue weighted by Crippen LogP contribution is -2.31. The standard InChI is InChI=1S/C18H20N4O2S/c1-13(2)19-16(23)12-25-18-21-20-17(15-9-6-10-24-15)22(18)11-14-7-4-3-5-8-14/h3-10,13H,11-12H2,1-2H3,(H,19,23). The van der Waals surface area contributed by atoms with Gasteiger partial charge in [-0.2, -0.15) is 0 Å². The molecule has 2 aromatic heterocycles. The maximum absolute atomic E-state index is 11.9. The number of aromatic nitrogens is 3. The fourth-order valence-corrected chi connectivity index (χ4v) is 3.13.